The van der Waals surface area contributed by atoms with Crippen LogP contribution in [0.15, 0.2) is 40.9 Å². The molecule has 0 aliphatic rings. The van der Waals surface area contributed by atoms with Gasteiger partial charge in [0.15, 0.2) is 0 Å². The van der Waals surface area contributed by atoms with Crippen molar-refractivity contribution in [1.82, 2.24) is 0 Å². The molecule has 0 aliphatic carbocycles. The van der Waals surface area contributed by atoms with Crippen molar-refractivity contribution < 1.29 is 4.39 Å². The molecule has 0 saturated heterocycles. The third-order valence-corrected chi connectivity index (χ3v) is 3.85. The lowest BCUT2D eigenvalue weighted by Crippen LogP contribution is -2.14. The number of nitrogens with two attached hydrogens (primary N) is 1. The molecule has 1 unspecified atom stereocenters. The van der Waals surface area contributed by atoms with Crippen molar-refractivity contribution in [3.63, 3.8) is 0 Å². The first-order chi connectivity index (χ1) is 8.97. The minimum Gasteiger partial charge on any atom is -0.324 e. The molecule has 2 N–H and O–H groups in total. The van der Waals surface area contributed by atoms with Gasteiger partial charge in [0.05, 0.1) is 5.02 Å². The Bertz CT molecular complexity index is 601. The molecule has 2 aromatic carbocycles. The summed E-state index contributed by atoms with van der Waals surface area (Å²) in [5, 5.41) is 0.136. The van der Waals surface area contributed by atoms with Crippen molar-refractivity contribution in [2.24, 2.45) is 5.73 Å². The van der Waals surface area contributed by atoms with Gasteiger partial charge in [-0.25, -0.2) is 4.39 Å². The molecule has 2 aromatic rings. The monoisotopic (exact) mass is 341 g/mol. The molecule has 0 aliphatic heterocycles. The molecule has 2 rings (SSSR count). The van der Waals surface area contributed by atoms with Gasteiger partial charge in [-0.1, -0.05) is 39.7 Å². The van der Waals surface area contributed by atoms with Crippen LogP contribution in [-0.4, -0.2) is 0 Å². The Hall–Kier alpha value is -0.900. The van der Waals surface area contributed by atoms with Gasteiger partial charge in [-0.2, -0.15) is 0 Å². The fraction of sp³-hybridized carbons (Fsp3) is 0.200. The van der Waals surface area contributed by atoms with E-state index in [2.05, 4.69) is 15.9 Å². The van der Waals surface area contributed by atoms with E-state index >= 15 is 0 Å². The third kappa shape index (κ3) is 3.56. The maximum atomic E-state index is 13.1. The van der Waals surface area contributed by atoms with Crippen LogP contribution in [0.1, 0.15) is 22.7 Å². The average molecular weight is 343 g/mol. The summed E-state index contributed by atoms with van der Waals surface area (Å²) < 4.78 is 14.1. The van der Waals surface area contributed by atoms with Crippen LogP contribution in [0.25, 0.3) is 0 Å². The van der Waals surface area contributed by atoms with E-state index in [1.807, 2.05) is 25.1 Å². The highest BCUT2D eigenvalue weighted by atomic mass is 79.9. The first-order valence-electron chi connectivity index (χ1n) is 5.93. The predicted octanol–water partition coefficient (Wildman–Crippen LogP) is 4.79. The largest absolute Gasteiger partial charge is 0.324 e. The van der Waals surface area contributed by atoms with Crippen molar-refractivity contribution in [2.75, 3.05) is 0 Å². The summed E-state index contributed by atoms with van der Waals surface area (Å²) in [6.45, 7) is 2.03. The van der Waals surface area contributed by atoms with Crippen molar-refractivity contribution >= 4 is 27.5 Å². The van der Waals surface area contributed by atoms with E-state index in [-0.39, 0.29) is 11.1 Å². The van der Waals surface area contributed by atoms with Crippen molar-refractivity contribution in [1.29, 1.82) is 0 Å². The quantitative estimate of drug-likeness (QED) is 0.852. The van der Waals surface area contributed by atoms with Gasteiger partial charge in [0.2, 0.25) is 0 Å². The summed E-state index contributed by atoms with van der Waals surface area (Å²) in [6.07, 6.45) is 0.627. The minimum absolute atomic E-state index is 0.130. The second-order valence-electron chi connectivity index (χ2n) is 4.56. The van der Waals surface area contributed by atoms with Crippen molar-refractivity contribution in [2.45, 2.75) is 19.4 Å². The number of halogens is 3. The molecule has 4 heteroatoms. The van der Waals surface area contributed by atoms with Gasteiger partial charge in [0, 0.05) is 10.5 Å². The summed E-state index contributed by atoms with van der Waals surface area (Å²) in [4.78, 5) is 0. The van der Waals surface area contributed by atoms with Crippen LogP contribution < -0.4 is 5.73 Å². The molecular formula is C15H14BrClFN. The van der Waals surface area contributed by atoms with E-state index in [0.29, 0.717) is 6.42 Å². The fourth-order valence-corrected chi connectivity index (χ4v) is 2.76. The number of rotatable bonds is 3. The van der Waals surface area contributed by atoms with Gasteiger partial charge >= 0.3 is 0 Å². The summed E-state index contributed by atoms with van der Waals surface area (Å²) in [6, 6.07) is 10.6. The first kappa shape index (κ1) is 14.5. The Morgan fingerprint density at radius 1 is 1.26 bits per heavy atom. The van der Waals surface area contributed by atoms with Gasteiger partial charge in [-0.15, -0.1) is 0 Å². The maximum Gasteiger partial charge on any atom is 0.141 e. The second-order valence-corrected chi connectivity index (χ2v) is 5.88. The van der Waals surface area contributed by atoms with Crippen LogP contribution >= 0.6 is 27.5 Å². The van der Waals surface area contributed by atoms with Gasteiger partial charge < -0.3 is 5.73 Å². The Balaban J connectivity index is 2.20. The number of hydrogen-bond donors (Lipinski definition) is 1. The summed E-state index contributed by atoms with van der Waals surface area (Å²) in [5.41, 5.74) is 9.37. The lowest BCUT2D eigenvalue weighted by atomic mass is 9.96. The Kier molecular flexibility index (Phi) is 4.61. The van der Waals surface area contributed by atoms with E-state index in [9.17, 15) is 4.39 Å². The highest BCUT2D eigenvalue weighted by Gasteiger charge is 2.11. The number of benzene rings is 2. The summed E-state index contributed by atoms with van der Waals surface area (Å²) in [5.74, 6) is -0.404. The van der Waals surface area contributed by atoms with Gasteiger partial charge in [0.1, 0.15) is 5.82 Å². The van der Waals surface area contributed by atoms with E-state index in [4.69, 9.17) is 17.3 Å². The van der Waals surface area contributed by atoms with Gasteiger partial charge in [-0.3, -0.25) is 0 Å². The molecule has 0 spiro atoms. The molecule has 0 aromatic heterocycles. The topological polar surface area (TPSA) is 26.0 Å². The van der Waals surface area contributed by atoms with Crippen LogP contribution in [0.4, 0.5) is 4.39 Å². The van der Waals surface area contributed by atoms with Crippen LogP contribution in [0, 0.1) is 12.7 Å². The minimum atomic E-state index is -0.404. The molecule has 0 bridgehead atoms. The van der Waals surface area contributed by atoms with Crippen molar-refractivity contribution in [3.05, 3.63) is 68.4 Å². The Morgan fingerprint density at radius 3 is 2.63 bits per heavy atom. The smallest absolute Gasteiger partial charge is 0.141 e. The molecule has 1 atom stereocenters. The molecule has 0 heterocycles. The summed E-state index contributed by atoms with van der Waals surface area (Å²) >= 11 is 9.20. The zero-order chi connectivity index (χ0) is 14.0. The standard InChI is InChI=1S/C15H14BrClFN/c1-9-6-11(16)3-4-12(9)15(19)8-10-2-5-14(18)13(17)7-10/h2-7,15H,8,19H2,1H3. The molecule has 0 fully saturated rings. The van der Waals surface area contributed by atoms with Crippen LogP contribution in [0.3, 0.4) is 0 Å². The SMILES string of the molecule is Cc1cc(Br)ccc1C(N)Cc1ccc(F)c(Cl)c1. The van der Waals surface area contributed by atoms with E-state index in [1.54, 1.807) is 12.1 Å². The molecule has 0 amide bonds. The fourth-order valence-electron chi connectivity index (χ4n) is 2.09. The number of aryl methyl sites for hydroxylation is 1. The van der Waals surface area contributed by atoms with Crippen LogP contribution in [0.5, 0.6) is 0 Å². The van der Waals surface area contributed by atoms with Crippen molar-refractivity contribution in [3.8, 4) is 0 Å². The molecule has 0 saturated carbocycles. The molecule has 100 valence electrons. The maximum absolute atomic E-state index is 13.1. The lowest BCUT2D eigenvalue weighted by molar-refractivity contribution is 0.626. The first-order valence-corrected chi connectivity index (χ1v) is 7.10. The Morgan fingerprint density at radius 2 is 2.00 bits per heavy atom. The molecule has 1 nitrogen and oxygen atoms in total. The summed E-state index contributed by atoms with van der Waals surface area (Å²) in [7, 11) is 0. The van der Waals surface area contributed by atoms with E-state index < -0.39 is 5.82 Å². The normalized spacial score (nSPS) is 12.5. The molecule has 19 heavy (non-hydrogen) atoms. The van der Waals surface area contributed by atoms with Gasteiger partial charge in [0.25, 0.3) is 0 Å². The van der Waals surface area contributed by atoms with E-state index in [0.717, 1.165) is 21.2 Å². The predicted molar refractivity (Wildman–Crippen MR) is 80.9 cm³/mol. The molecular weight excluding hydrogens is 329 g/mol. The third-order valence-electron chi connectivity index (χ3n) is 3.07. The van der Waals surface area contributed by atoms with Crippen LogP contribution in [0.2, 0.25) is 5.02 Å². The highest BCUT2D eigenvalue weighted by molar-refractivity contribution is 9.10. The van der Waals surface area contributed by atoms with E-state index in [1.165, 1.54) is 6.07 Å². The molecule has 0 radical (unpaired) electrons. The zero-order valence-electron chi connectivity index (χ0n) is 10.5. The second kappa shape index (κ2) is 6.04. The van der Waals surface area contributed by atoms with Crippen LogP contribution in [-0.2, 0) is 6.42 Å². The zero-order valence-corrected chi connectivity index (χ0v) is 12.8. The Labute approximate surface area is 125 Å². The average Bonchev–Trinajstić information content (AvgIpc) is 2.33. The van der Waals surface area contributed by atoms with Gasteiger partial charge in [-0.05, 0) is 54.3 Å². The lowest BCUT2D eigenvalue weighted by Gasteiger charge is -2.15. The highest BCUT2D eigenvalue weighted by Crippen LogP contribution is 2.24. The number of hydrogen-bond acceptors (Lipinski definition) is 1.